The van der Waals surface area contributed by atoms with Crippen LogP contribution in [0.4, 0.5) is 0 Å². The van der Waals surface area contributed by atoms with Crippen LogP contribution in [0.2, 0.25) is 6.82 Å². The molecule has 2 nitrogen and oxygen atoms in total. The second-order valence-corrected chi connectivity index (χ2v) is 3.75. The van der Waals surface area contributed by atoms with Crippen molar-refractivity contribution in [3.63, 3.8) is 0 Å². The fraction of sp³-hybridized carbons (Fsp3) is 0.385. The third-order valence-corrected chi connectivity index (χ3v) is 2.69. The summed E-state index contributed by atoms with van der Waals surface area (Å²) in [6, 6.07) is 8.95. The van der Waals surface area contributed by atoms with E-state index in [4.69, 9.17) is 0 Å². The number of H-pyrrole nitrogens is 1. The van der Waals surface area contributed by atoms with Crippen molar-refractivity contribution in [2.24, 2.45) is 0 Å². The van der Waals surface area contributed by atoms with E-state index in [9.17, 15) is 0 Å². The number of aromatic amines is 1. The fourth-order valence-electron chi connectivity index (χ4n) is 1.73. The van der Waals surface area contributed by atoms with Crippen LogP contribution in [0.1, 0.15) is 12.5 Å². The Labute approximate surface area is 98.9 Å². The third-order valence-electron chi connectivity index (χ3n) is 2.69. The van der Waals surface area contributed by atoms with Crippen LogP contribution >= 0.6 is 0 Å². The number of para-hydroxylation sites is 1. The molecule has 2 aromatic rings. The summed E-state index contributed by atoms with van der Waals surface area (Å²) in [6.07, 6.45) is 3.18. The lowest BCUT2D eigenvalue weighted by Gasteiger charge is -2.08. The maximum absolute atomic E-state index is 4.50. The van der Waals surface area contributed by atoms with Crippen LogP contribution in [-0.4, -0.2) is 25.9 Å². The van der Waals surface area contributed by atoms with E-state index in [0.717, 1.165) is 6.42 Å². The Balaban J connectivity index is 0.000000606. The summed E-state index contributed by atoms with van der Waals surface area (Å²) in [5.74, 6) is 0. The summed E-state index contributed by atoms with van der Waals surface area (Å²) < 4.78 is 0. The Kier molecular flexibility index (Phi) is 5.13. The molecule has 16 heavy (non-hydrogen) atoms. The second kappa shape index (κ2) is 6.39. The molecular formula is C13H19BN2. The van der Waals surface area contributed by atoms with Gasteiger partial charge in [-0.1, -0.05) is 25.0 Å². The first-order chi connectivity index (χ1) is 7.81. The molecular weight excluding hydrogens is 195 g/mol. The Hall–Kier alpha value is -1.22. The van der Waals surface area contributed by atoms with E-state index in [1.807, 2.05) is 7.05 Å². The molecule has 1 unspecified atom stereocenters. The highest BCUT2D eigenvalue weighted by Crippen LogP contribution is 2.18. The lowest BCUT2D eigenvalue weighted by Crippen LogP contribution is -2.23. The topological polar surface area (TPSA) is 27.8 Å². The van der Waals surface area contributed by atoms with Gasteiger partial charge >= 0.3 is 0 Å². The number of nitrogens with one attached hydrogen (secondary N) is 2. The summed E-state index contributed by atoms with van der Waals surface area (Å²) in [7, 11) is 6.50. The largest absolute Gasteiger partial charge is 0.361 e. The Morgan fingerprint density at radius 3 is 2.69 bits per heavy atom. The van der Waals surface area contributed by atoms with Gasteiger partial charge < -0.3 is 10.3 Å². The molecule has 0 bridgehead atoms. The minimum atomic E-state index is 0.522. The molecule has 0 saturated heterocycles. The molecule has 2 N–H and O–H groups in total. The number of hydrogen-bond acceptors (Lipinski definition) is 1. The molecule has 0 aliphatic carbocycles. The van der Waals surface area contributed by atoms with E-state index in [2.05, 4.69) is 55.5 Å². The molecule has 1 atom stereocenters. The highest BCUT2D eigenvalue weighted by Gasteiger charge is 2.05. The van der Waals surface area contributed by atoms with Gasteiger partial charge in [0.05, 0.1) is 7.85 Å². The summed E-state index contributed by atoms with van der Waals surface area (Å²) in [5, 5.41) is 4.60. The number of likely N-dealkylation sites (N-methyl/N-ethyl adjacent to an activating group) is 1. The highest BCUT2D eigenvalue weighted by atomic mass is 14.8. The number of hydrogen-bond donors (Lipinski definition) is 2. The maximum Gasteiger partial charge on any atom is 0.0606 e. The lowest BCUT2D eigenvalue weighted by atomic mass is 10.1. The molecule has 0 spiro atoms. The number of aromatic nitrogens is 1. The predicted octanol–water partition coefficient (Wildman–Crippen LogP) is 2.52. The van der Waals surface area contributed by atoms with E-state index < -0.39 is 0 Å². The van der Waals surface area contributed by atoms with Crippen molar-refractivity contribution in [3.05, 3.63) is 36.0 Å². The van der Waals surface area contributed by atoms with Gasteiger partial charge in [-0.3, -0.25) is 0 Å². The molecule has 2 radical (unpaired) electrons. The number of benzene rings is 1. The standard InChI is InChI=1S/C12H16N2.CH3B/c1-9(13-2)7-10-8-14-12-6-4-3-5-11(10)12;1-2/h3-6,8-9,13-14H,7H2,1-2H3;1H3. The fourth-order valence-corrected chi connectivity index (χ4v) is 1.73. The van der Waals surface area contributed by atoms with Gasteiger partial charge in [-0.15, -0.1) is 0 Å². The minimum absolute atomic E-state index is 0.522. The van der Waals surface area contributed by atoms with Gasteiger partial charge in [0.15, 0.2) is 0 Å². The van der Waals surface area contributed by atoms with Crippen molar-refractivity contribution in [1.82, 2.24) is 10.3 Å². The number of rotatable bonds is 3. The highest BCUT2D eigenvalue weighted by molar-refractivity contribution is 6.05. The zero-order valence-electron chi connectivity index (χ0n) is 10.2. The SMILES string of the molecule is CNC(C)Cc1c[nH]c2ccccc12.[B]C. The van der Waals surface area contributed by atoms with Crippen LogP contribution in [0.3, 0.4) is 0 Å². The normalized spacial score (nSPS) is 11.9. The molecule has 0 saturated carbocycles. The summed E-state index contributed by atoms with van der Waals surface area (Å²) in [5.41, 5.74) is 2.62. The van der Waals surface area contributed by atoms with Crippen molar-refractivity contribution in [2.75, 3.05) is 7.05 Å². The Morgan fingerprint density at radius 1 is 1.31 bits per heavy atom. The molecule has 0 aliphatic rings. The van der Waals surface area contributed by atoms with E-state index in [0.29, 0.717) is 6.04 Å². The van der Waals surface area contributed by atoms with Gasteiger partial charge in [-0.25, -0.2) is 0 Å². The smallest absolute Gasteiger partial charge is 0.0606 e. The van der Waals surface area contributed by atoms with Crippen molar-refractivity contribution < 1.29 is 0 Å². The second-order valence-electron chi connectivity index (χ2n) is 3.75. The molecule has 3 heteroatoms. The van der Waals surface area contributed by atoms with Crippen LogP contribution in [0, 0.1) is 0 Å². The summed E-state index contributed by atoms with van der Waals surface area (Å²) >= 11 is 0. The molecule has 1 heterocycles. The molecule has 0 fully saturated rings. The first-order valence-electron chi connectivity index (χ1n) is 5.61. The average Bonchev–Trinajstić information content (AvgIpc) is 2.75. The van der Waals surface area contributed by atoms with Gasteiger partial charge in [0, 0.05) is 23.1 Å². The van der Waals surface area contributed by atoms with Crippen molar-refractivity contribution in [1.29, 1.82) is 0 Å². The zero-order chi connectivity index (χ0) is 12.0. The third kappa shape index (κ3) is 2.89. The van der Waals surface area contributed by atoms with Gasteiger partial charge in [-0.05, 0) is 32.0 Å². The van der Waals surface area contributed by atoms with E-state index in [1.165, 1.54) is 23.3 Å². The first kappa shape index (κ1) is 12.9. The monoisotopic (exact) mass is 214 g/mol. The summed E-state index contributed by atoms with van der Waals surface area (Å²) in [4.78, 5) is 3.29. The van der Waals surface area contributed by atoms with Crippen LogP contribution < -0.4 is 5.32 Å². The van der Waals surface area contributed by atoms with E-state index >= 15 is 0 Å². The molecule has 84 valence electrons. The van der Waals surface area contributed by atoms with Gasteiger partial charge in [0.25, 0.3) is 0 Å². The Bertz CT molecular complexity index is 423. The summed E-state index contributed by atoms with van der Waals surface area (Å²) in [6.45, 7) is 3.70. The van der Waals surface area contributed by atoms with Gasteiger partial charge in [0.1, 0.15) is 0 Å². The van der Waals surface area contributed by atoms with Gasteiger partial charge in [0.2, 0.25) is 0 Å². The molecule has 0 aliphatic heterocycles. The first-order valence-corrected chi connectivity index (χ1v) is 5.61. The predicted molar refractivity (Wildman–Crippen MR) is 72.1 cm³/mol. The zero-order valence-corrected chi connectivity index (χ0v) is 10.2. The molecule has 1 aromatic carbocycles. The van der Waals surface area contributed by atoms with Crippen LogP contribution in [-0.2, 0) is 6.42 Å². The van der Waals surface area contributed by atoms with Crippen LogP contribution in [0.5, 0.6) is 0 Å². The van der Waals surface area contributed by atoms with Crippen molar-refractivity contribution in [3.8, 4) is 0 Å². The van der Waals surface area contributed by atoms with Crippen LogP contribution in [0.25, 0.3) is 10.9 Å². The van der Waals surface area contributed by atoms with E-state index in [1.54, 1.807) is 0 Å². The quantitative estimate of drug-likeness (QED) is 0.755. The van der Waals surface area contributed by atoms with E-state index in [-0.39, 0.29) is 0 Å². The Morgan fingerprint density at radius 2 is 2.00 bits per heavy atom. The average molecular weight is 214 g/mol. The molecule has 2 rings (SSSR count). The maximum atomic E-state index is 4.50. The van der Waals surface area contributed by atoms with Gasteiger partial charge in [-0.2, -0.15) is 0 Å². The number of fused-ring (bicyclic) bond motifs is 1. The minimum Gasteiger partial charge on any atom is -0.361 e. The van der Waals surface area contributed by atoms with Crippen molar-refractivity contribution >= 4 is 18.7 Å². The van der Waals surface area contributed by atoms with Crippen LogP contribution in [0.15, 0.2) is 30.5 Å². The van der Waals surface area contributed by atoms with Crippen molar-refractivity contribution in [2.45, 2.75) is 26.2 Å². The molecule has 1 aromatic heterocycles. The lowest BCUT2D eigenvalue weighted by molar-refractivity contribution is 0.610. The molecule has 0 amide bonds.